The van der Waals surface area contributed by atoms with E-state index < -0.39 is 10.0 Å². The Kier molecular flexibility index (Phi) is 6.35. The van der Waals surface area contributed by atoms with Gasteiger partial charge >= 0.3 is 0 Å². The fourth-order valence-electron chi connectivity index (χ4n) is 3.97. The van der Waals surface area contributed by atoms with Gasteiger partial charge in [0.15, 0.2) is 0 Å². The van der Waals surface area contributed by atoms with Crippen LogP contribution in [0, 0.1) is 5.92 Å². The third kappa shape index (κ3) is 5.49. The van der Waals surface area contributed by atoms with Crippen molar-refractivity contribution in [2.24, 2.45) is 11.1 Å². The largest absolute Gasteiger partial charge is 0.356 e. The summed E-state index contributed by atoms with van der Waals surface area (Å²) in [6.07, 6.45) is 2.30. The molecule has 0 spiro atoms. The van der Waals surface area contributed by atoms with Crippen LogP contribution in [0.4, 0.5) is 0 Å². The van der Waals surface area contributed by atoms with Crippen LogP contribution in [0.25, 0.3) is 11.0 Å². The van der Waals surface area contributed by atoms with Gasteiger partial charge in [-0.15, -0.1) is 0 Å². The first-order chi connectivity index (χ1) is 14.9. The lowest BCUT2D eigenvalue weighted by molar-refractivity contribution is -0.126. The van der Waals surface area contributed by atoms with E-state index in [1.54, 1.807) is 12.1 Å². The molecule has 0 atom stereocenters. The summed E-state index contributed by atoms with van der Waals surface area (Å²) < 4.78 is 22.6. The lowest BCUT2D eigenvalue weighted by Gasteiger charge is -2.30. The molecule has 31 heavy (non-hydrogen) atoms. The molecule has 1 aliphatic rings. The van der Waals surface area contributed by atoms with Crippen LogP contribution in [0.2, 0.25) is 0 Å². The first-order valence-corrected chi connectivity index (χ1v) is 12.0. The molecule has 3 aromatic rings. The van der Waals surface area contributed by atoms with Crippen LogP contribution in [0.1, 0.15) is 24.2 Å². The summed E-state index contributed by atoms with van der Waals surface area (Å²) in [4.78, 5) is 22.9. The quantitative estimate of drug-likeness (QED) is 0.516. The summed E-state index contributed by atoms with van der Waals surface area (Å²) >= 11 is 0. The molecule has 0 bridgehead atoms. The molecule has 0 aliphatic carbocycles. The molecule has 1 aliphatic heterocycles. The minimum absolute atomic E-state index is 0.0247. The molecule has 2 heterocycles. The van der Waals surface area contributed by atoms with Crippen molar-refractivity contribution in [2.75, 3.05) is 19.6 Å². The van der Waals surface area contributed by atoms with Crippen molar-refractivity contribution in [3.05, 3.63) is 59.9 Å². The minimum atomic E-state index is -3.68. The van der Waals surface area contributed by atoms with Gasteiger partial charge in [-0.3, -0.25) is 9.69 Å². The van der Waals surface area contributed by atoms with Gasteiger partial charge in [0.25, 0.3) is 0 Å². The number of benzene rings is 2. The maximum Gasteiger partial charge on any atom is 0.238 e. The number of sulfonamides is 1. The van der Waals surface area contributed by atoms with Gasteiger partial charge in [-0.2, -0.15) is 0 Å². The van der Waals surface area contributed by atoms with E-state index in [1.807, 2.05) is 24.3 Å². The van der Waals surface area contributed by atoms with E-state index in [1.165, 1.54) is 12.1 Å². The number of amides is 1. The van der Waals surface area contributed by atoms with Gasteiger partial charge in [0.2, 0.25) is 15.9 Å². The van der Waals surface area contributed by atoms with Crippen LogP contribution in [0.5, 0.6) is 0 Å². The number of likely N-dealkylation sites (tertiary alicyclic amines) is 1. The zero-order chi connectivity index (χ0) is 21.8. The van der Waals surface area contributed by atoms with Crippen molar-refractivity contribution in [1.29, 1.82) is 0 Å². The van der Waals surface area contributed by atoms with Crippen molar-refractivity contribution in [2.45, 2.75) is 30.7 Å². The smallest absolute Gasteiger partial charge is 0.238 e. The molecule has 1 amide bonds. The highest BCUT2D eigenvalue weighted by atomic mass is 32.2. The zero-order valence-electron chi connectivity index (χ0n) is 17.3. The number of H-pyrrole nitrogens is 1. The van der Waals surface area contributed by atoms with E-state index in [4.69, 9.17) is 5.14 Å². The van der Waals surface area contributed by atoms with Crippen molar-refractivity contribution < 1.29 is 13.2 Å². The Morgan fingerprint density at radius 1 is 1.13 bits per heavy atom. The fourth-order valence-corrected chi connectivity index (χ4v) is 4.48. The molecule has 0 saturated carbocycles. The topological polar surface area (TPSA) is 121 Å². The van der Waals surface area contributed by atoms with Gasteiger partial charge < -0.3 is 10.3 Å². The molecule has 2 aromatic carbocycles. The first-order valence-electron chi connectivity index (χ1n) is 10.4. The van der Waals surface area contributed by atoms with Gasteiger partial charge in [0, 0.05) is 12.5 Å². The summed E-state index contributed by atoms with van der Waals surface area (Å²) in [7, 11) is -3.68. The number of primary sulfonamides is 1. The summed E-state index contributed by atoms with van der Waals surface area (Å²) in [5.74, 6) is 1.07. The van der Waals surface area contributed by atoms with Gasteiger partial charge in [-0.05, 0) is 62.2 Å². The lowest BCUT2D eigenvalue weighted by atomic mass is 9.96. The number of rotatable bonds is 7. The second-order valence-corrected chi connectivity index (χ2v) is 9.54. The highest BCUT2D eigenvalue weighted by Crippen LogP contribution is 2.20. The SMILES string of the molecule is NS(=O)(=O)c1ccc(CCNC(=O)C2CCN(Cc3nc4ccccc4[nH]3)CC2)cc1. The Hall–Kier alpha value is -2.75. The molecular weight excluding hydrogens is 414 g/mol. The van der Waals surface area contributed by atoms with E-state index in [0.717, 1.165) is 54.9 Å². The number of piperidine rings is 1. The number of carbonyl (C=O) groups is 1. The molecule has 8 nitrogen and oxygen atoms in total. The van der Waals surface area contributed by atoms with Gasteiger partial charge in [-0.25, -0.2) is 18.5 Å². The van der Waals surface area contributed by atoms with E-state index in [0.29, 0.717) is 13.0 Å². The molecule has 4 N–H and O–H groups in total. The Balaban J connectivity index is 1.20. The Labute approximate surface area is 181 Å². The van der Waals surface area contributed by atoms with E-state index in [9.17, 15) is 13.2 Å². The number of fused-ring (bicyclic) bond motifs is 1. The number of nitrogens with zero attached hydrogens (tertiary/aromatic N) is 2. The highest BCUT2D eigenvalue weighted by Gasteiger charge is 2.25. The average Bonchev–Trinajstić information content (AvgIpc) is 3.16. The van der Waals surface area contributed by atoms with E-state index in [-0.39, 0.29) is 16.7 Å². The third-order valence-electron chi connectivity index (χ3n) is 5.73. The minimum Gasteiger partial charge on any atom is -0.356 e. The van der Waals surface area contributed by atoms with Crippen molar-refractivity contribution >= 4 is 27.0 Å². The van der Waals surface area contributed by atoms with Crippen molar-refractivity contribution in [1.82, 2.24) is 20.2 Å². The molecule has 164 valence electrons. The average molecular weight is 442 g/mol. The summed E-state index contributed by atoms with van der Waals surface area (Å²) in [6.45, 7) is 3.01. The van der Waals surface area contributed by atoms with Crippen molar-refractivity contribution in [3.8, 4) is 0 Å². The number of imidazole rings is 1. The standard InChI is InChI=1S/C22H27N5O3S/c23-31(29,30)18-7-5-16(6-8-18)9-12-24-22(28)17-10-13-27(14-11-17)15-21-25-19-3-1-2-4-20(19)26-21/h1-8,17H,9-15H2,(H,24,28)(H,25,26)(H2,23,29,30). The number of nitrogens with two attached hydrogens (primary N) is 1. The number of para-hydroxylation sites is 2. The van der Waals surface area contributed by atoms with E-state index in [2.05, 4.69) is 20.2 Å². The number of aromatic nitrogens is 2. The number of hydrogen-bond donors (Lipinski definition) is 3. The first kappa shape index (κ1) is 21.5. The molecule has 0 unspecified atom stereocenters. The maximum atomic E-state index is 12.5. The predicted molar refractivity (Wildman–Crippen MR) is 119 cm³/mol. The lowest BCUT2D eigenvalue weighted by Crippen LogP contribution is -2.40. The Morgan fingerprint density at radius 2 is 1.84 bits per heavy atom. The second-order valence-electron chi connectivity index (χ2n) is 7.98. The third-order valence-corrected chi connectivity index (χ3v) is 6.66. The van der Waals surface area contributed by atoms with E-state index >= 15 is 0 Å². The van der Waals surface area contributed by atoms with Crippen LogP contribution in [0.15, 0.2) is 53.4 Å². The number of aromatic amines is 1. The molecule has 0 radical (unpaired) electrons. The number of carbonyl (C=O) groups excluding carboxylic acids is 1. The highest BCUT2D eigenvalue weighted by molar-refractivity contribution is 7.89. The van der Waals surface area contributed by atoms with Crippen LogP contribution in [0.3, 0.4) is 0 Å². The van der Waals surface area contributed by atoms with Crippen LogP contribution in [-0.2, 0) is 27.8 Å². The summed E-state index contributed by atoms with van der Waals surface area (Å²) in [6, 6.07) is 14.4. The summed E-state index contributed by atoms with van der Waals surface area (Å²) in [5, 5.41) is 8.12. The molecule has 9 heteroatoms. The fraction of sp³-hybridized carbons (Fsp3) is 0.364. The van der Waals surface area contributed by atoms with Gasteiger partial charge in [0.05, 0.1) is 22.5 Å². The Bertz CT molecular complexity index is 1120. The molecular formula is C22H27N5O3S. The van der Waals surface area contributed by atoms with Gasteiger partial charge in [0.1, 0.15) is 5.82 Å². The van der Waals surface area contributed by atoms with Crippen LogP contribution in [-0.4, -0.2) is 48.8 Å². The van der Waals surface area contributed by atoms with Crippen LogP contribution >= 0.6 is 0 Å². The Morgan fingerprint density at radius 3 is 2.52 bits per heavy atom. The van der Waals surface area contributed by atoms with Crippen LogP contribution < -0.4 is 10.5 Å². The molecule has 1 aromatic heterocycles. The summed E-state index contributed by atoms with van der Waals surface area (Å²) in [5.41, 5.74) is 2.98. The van der Waals surface area contributed by atoms with Gasteiger partial charge in [-0.1, -0.05) is 24.3 Å². The zero-order valence-corrected chi connectivity index (χ0v) is 18.1. The molecule has 4 rings (SSSR count). The predicted octanol–water partition coefficient (Wildman–Crippen LogP) is 1.78. The number of hydrogen-bond acceptors (Lipinski definition) is 5. The molecule has 1 saturated heterocycles. The normalized spacial score (nSPS) is 15.9. The number of nitrogens with one attached hydrogen (secondary N) is 2. The molecule has 1 fully saturated rings. The second kappa shape index (κ2) is 9.17. The maximum absolute atomic E-state index is 12.5. The monoisotopic (exact) mass is 441 g/mol. The van der Waals surface area contributed by atoms with Crippen molar-refractivity contribution in [3.63, 3.8) is 0 Å².